The summed E-state index contributed by atoms with van der Waals surface area (Å²) in [5, 5.41) is 4.51. The Bertz CT molecular complexity index is 333. The lowest BCUT2D eigenvalue weighted by Crippen LogP contribution is -2.21. The van der Waals surface area contributed by atoms with Gasteiger partial charge in [0, 0.05) is 13.1 Å². The van der Waals surface area contributed by atoms with Crippen molar-refractivity contribution < 1.29 is 0 Å². The van der Waals surface area contributed by atoms with Crippen LogP contribution in [0.1, 0.15) is 38.1 Å². The highest BCUT2D eigenvalue weighted by Gasteiger charge is 2.13. The van der Waals surface area contributed by atoms with Gasteiger partial charge < -0.3 is 4.90 Å². The zero-order valence-electron chi connectivity index (χ0n) is 10.8. The van der Waals surface area contributed by atoms with Crippen LogP contribution in [0.3, 0.4) is 0 Å². The van der Waals surface area contributed by atoms with Crippen molar-refractivity contribution in [2.24, 2.45) is 0 Å². The number of nitrogens with zero attached hydrogens (tertiary/aromatic N) is 3. The maximum Gasteiger partial charge on any atom is 0.0739 e. The van der Waals surface area contributed by atoms with E-state index in [4.69, 9.17) is 0 Å². The minimum Gasteiger partial charge on any atom is -0.301 e. The second kappa shape index (κ2) is 6.40. The lowest BCUT2D eigenvalue weighted by Gasteiger charge is -2.17. The molecule has 1 rings (SSSR count). The van der Waals surface area contributed by atoms with Crippen molar-refractivity contribution in [3.8, 4) is 0 Å². The highest BCUT2D eigenvalue weighted by atomic mass is 79.9. The van der Waals surface area contributed by atoms with Crippen molar-refractivity contribution >= 4 is 15.9 Å². The quantitative estimate of drug-likeness (QED) is 0.801. The lowest BCUT2D eigenvalue weighted by molar-refractivity contribution is 0.309. The summed E-state index contributed by atoms with van der Waals surface area (Å²) in [5.74, 6) is 0. The van der Waals surface area contributed by atoms with Crippen LogP contribution >= 0.6 is 15.9 Å². The Morgan fingerprint density at radius 1 is 1.38 bits per heavy atom. The van der Waals surface area contributed by atoms with Crippen LogP contribution in [0, 0.1) is 6.92 Å². The van der Waals surface area contributed by atoms with Crippen LogP contribution < -0.4 is 0 Å². The number of halogens is 1. The average molecular weight is 288 g/mol. The molecule has 0 atom stereocenters. The number of rotatable bonds is 6. The van der Waals surface area contributed by atoms with Crippen LogP contribution in [-0.4, -0.2) is 28.3 Å². The molecule has 3 nitrogen and oxygen atoms in total. The zero-order valence-corrected chi connectivity index (χ0v) is 12.3. The highest BCUT2D eigenvalue weighted by molar-refractivity contribution is 9.10. The number of unbranched alkanes of at least 4 members (excludes halogenated alkanes) is 1. The van der Waals surface area contributed by atoms with E-state index in [9.17, 15) is 0 Å². The van der Waals surface area contributed by atoms with Gasteiger partial charge in [0.2, 0.25) is 0 Å². The van der Waals surface area contributed by atoms with Gasteiger partial charge in [-0.05, 0) is 49.8 Å². The first-order chi connectivity index (χ1) is 7.60. The van der Waals surface area contributed by atoms with E-state index in [1.54, 1.807) is 0 Å². The topological polar surface area (TPSA) is 21.1 Å². The Labute approximate surface area is 107 Å². The monoisotopic (exact) mass is 287 g/mol. The van der Waals surface area contributed by atoms with E-state index in [2.05, 4.69) is 51.5 Å². The van der Waals surface area contributed by atoms with Crippen molar-refractivity contribution in [2.75, 3.05) is 13.6 Å². The second-order valence-electron chi connectivity index (χ2n) is 4.25. The van der Waals surface area contributed by atoms with Crippen molar-refractivity contribution in [3.05, 3.63) is 15.9 Å². The standard InChI is InChI=1S/C12H22BrN3/c1-5-7-8-15(4)9-11-12(13)10(3)14-16(11)6-2/h5-9H2,1-4H3. The Morgan fingerprint density at radius 3 is 2.62 bits per heavy atom. The van der Waals surface area contributed by atoms with Crippen LogP contribution in [-0.2, 0) is 13.1 Å². The van der Waals surface area contributed by atoms with E-state index in [0.717, 1.165) is 29.8 Å². The van der Waals surface area contributed by atoms with E-state index < -0.39 is 0 Å². The molecule has 0 radical (unpaired) electrons. The molecule has 0 aliphatic rings. The fourth-order valence-electron chi connectivity index (χ4n) is 1.78. The van der Waals surface area contributed by atoms with E-state index in [-0.39, 0.29) is 0 Å². The first kappa shape index (κ1) is 13.7. The first-order valence-corrected chi connectivity index (χ1v) is 6.79. The Hall–Kier alpha value is -0.350. The average Bonchev–Trinajstić information content (AvgIpc) is 2.54. The van der Waals surface area contributed by atoms with E-state index in [1.165, 1.54) is 18.5 Å². The fourth-order valence-corrected chi connectivity index (χ4v) is 2.19. The minimum absolute atomic E-state index is 0.934. The van der Waals surface area contributed by atoms with Gasteiger partial charge in [-0.15, -0.1) is 0 Å². The van der Waals surface area contributed by atoms with Gasteiger partial charge in [-0.3, -0.25) is 4.68 Å². The molecule has 0 saturated carbocycles. The van der Waals surface area contributed by atoms with Crippen molar-refractivity contribution in [3.63, 3.8) is 0 Å². The molecule has 0 aliphatic heterocycles. The number of aromatic nitrogens is 2. The smallest absolute Gasteiger partial charge is 0.0739 e. The summed E-state index contributed by atoms with van der Waals surface area (Å²) in [7, 11) is 2.17. The van der Waals surface area contributed by atoms with E-state index >= 15 is 0 Å². The van der Waals surface area contributed by atoms with Gasteiger partial charge in [-0.2, -0.15) is 5.10 Å². The molecule has 0 aliphatic carbocycles. The van der Waals surface area contributed by atoms with Crippen molar-refractivity contribution in [1.82, 2.24) is 14.7 Å². The molecule has 1 aromatic rings. The Kier molecular flexibility index (Phi) is 5.49. The Morgan fingerprint density at radius 2 is 2.06 bits per heavy atom. The lowest BCUT2D eigenvalue weighted by atomic mass is 10.3. The van der Waals surface area contributed by atoms with E-state index in [1.807, 2.05) is 6.92 Å². The predicted octanol–water partition coefficient (Wildman–Crippen LogP) is 3.21. The van der Waals surface area contributed by atoms with Crippen LogP contribution in [0.2, 0.25) is 0 Å². The molecular formula is C12H22BrN3. The third-order valence-electron chi connectivity index (χ3n) is 2.77. The zero-order chi connectivity index (χ0) is 12.1. The number of hydrogen-bond acceptors (Lipinski definition) is 2. The van der Waals surface area contributed by atoms with Crippen molar-refractivity contribution in [1.29, 1.82) is 0 Å². The molecular weight excluding hydrogens is 266 g/mol. The molecule has 0 bridgehead atoms. The predicted molar refractivity (Wildman–Crippen MR) is 71.6 cm³/mol. The largest absolute Gasteiger partial charge is 0.301 e. The van der Waals surface area contributed by atoms with Gasteiger partial charge >= 0.3 is 0 Å². The SMILES string of the molecule is CCCCN(C)Cc1c(Br)c(C)nn1CC. The summed E-state index contributed by atoms with van der Waals surface area (Å²) in [6, 6.07) is 0. The summed E-state index contributed by atoms with van der Waals surface area (Å²) in [5.41, 5.74) is 2.37. The molecule has 0 aromatic carbocycles. The third kappa shape index (κ3) is 3.32. The minimum atomic E-state index is 0.934. The summed E-state index contributed by atoms with van der Waals surface area (Å²) in [4.78, 5) is 2.36. The number of aryl methyl sites for hydroxylation is 2. The maximum atomic E-state index is 4.51. The van der Waals surface area contributed by atoms with Gasteiger partial charge in [-0.25, -0.2) is 0 Å². The fraction of sp³-hybridized carbons (Fsp3) is 0.750. The molecule has 92 valence electrons. The molecule has 4 heteroatoms. The summed E-state index contributed by atoms with van der Waals surface area (Å²) in [6.45, 7) is 9.46. The molecule has 0 unspecified atom stereocenters. The molecule has 1 heterocycles. The first-order valence-electron chi connectivity index (χ1n) is 6.00. The second-order valence-corrected chi connectivity index (χ2v) is 5.05. The molecule has 0 saturated heterocycles. The third-order valence-corrected chi connectivity index (χ3v) is 3.80. The van der Waals surface area contributed by atoms with Crippen LogP contribution in [0.15, 0.2) is 4.47 Å². The van der Waals surface area contributed by atoms with Gasteiger partial charge in [0.1, 0.15) is 0 Å². The van der Waals surface area contributed by atoms with Crippen LogP contribution in [0.5, 0.6) is 0 Å². The summed E-state index contributed by atoms with van der Waals surface area (Å²) >= 11 is 3.63. The van der Waals surface area contributed by atoms with Gasteiger partial charge in [0.05, 0.1) is 15.9 Å². The molecule has 0 spiro atoms. The molecule has 0 N–H and O–H groups in total. The van der Waals surface area contributed by atoms with Crippen molar-refractivity contribution in [2.45, 2.75) is 46.7 Å². The molecule has 0 amide bonds. The summed E-state index contributed by atoms with van der Waals surface area (Å²) in [6.07, 6.45) is 2.50. The van der Waals surface area contributed by atoms with Gasteiger partial charge in [-0.1, -0.05) is 13.3 Å². The molecule has 0 fully saturated rings. The van der Waals surface area contributed by atoms with Crippen LogP contribution in [0.4, 0.5) is 0 Å². The van der Waals surface area contributed by atoms with E-state index in [0.29, 0.717) is 0 Å². The van der Waals surface area contributed by atoms with Crippen LogP contribution in [0.25, 0.3) is 0 Å². The van der Waals surface area contributed by atoms with Gasteiger partial charge in [0.15, 0.2) is 0 Å². The molecule has 1 aromatic heterocycles. The Balaban J connectivity index is 2.71. The summed E-state index contributed by atoms with van der Waals surface area (Å²) < 4.78 is 3.25. The number of hydrogen-bond donors (Lipinski definition) is 0. The maximum absolute atomic E-state index is 4.51. The highest BCUT2D eigenvalue weighted by Crippen LogP contribution is 2.22. The normalized spacial score (nSPS) is 11.4. The van der Waals surface area contributed by atoms with Gasteiger partial charge in [0.25, 0.3) is 0 Å². The molecule has 16 heavy (non-hydrogen) atoms.